The Morgan fingerprint density at radius 3 is 2.62 bits per heavy atom. The molecule has 2 aliphatic rings. The van der Waals surface area contributed by atoms with Gasteiger partial charge in [-0.15, -0.1) is 24.0 Å². The predicted octanol–water partition coefficient (Wildman–Crippen LogP) is 2.29. The summed E-state index contributed by atoms with van der Waals surface area (Å²) in [6.07, 6.45) is 11.8. The lowest BCUT2D eigenvalue weighted by atomic mass is 9.98. The quantitative estimate of drug-likeness (QED) is 0.226. The summed E-state index contributed by atoms with van der Waals surface area (Å²) in [5, 5.41) is 11.1. The Labute approximate surface area is 190 Å². The molecule has 9 heteroatoms. The zero-order chi connectivity index (χ0) is 19.6. The molecule has 1 aromatic rings. The summed E-state index contributed by atoms with van der Waals surface area (Å²) < 4.78 is 9.39. The molecule has 0 unspecified atom stereocenters. The fourth-order valence-electron chi connectivity index (χ4n) is 4.01. The van der Waals surface area contributed by atoms with E-state index in [4.69, 9.17) is 4.74 Å². The van der Waals surface area contributed by atoms with Crippen LogP contribution in [0, 0.1) is 0 Å². The summed E-state index contributed by atoms with van der Waals surface area (Å²) in [7, 11) is 1.78. The fraction of sp³-hybridized carbons (Fsp3) is 0.850. The predicted molar refractivity (Wildman–Crippen MR) is 126 cm³/mol. The summed E-state index contributed by atoms with van der Waals surface area (Å²) in [5.41, 5.74) is 0.0372. The van der Waals surface area contributed by atoms with Crippen molar-refractivity contribution < 1.29 is 4.74 Å². The van der Waals surface area contributed by atoms with E-state index >= 15 is 0 Å². The average Bonchev–Trinajstić information content (AvgIpc) is 3.06. The lowest BCUT2D eigenvalue weighted by Crippen LogP contribution is -2.39. The number of nitrogens with zero attached hydrogens (tertiary/aromatic N) is 4. The van der Waals surface area contributed by atoms with Gasteiger partial charge in [-0.2, -0.15) is 5.10 Å². The van der Waals surface area contributed by atoms with Gasteiger partial charge in [0.05, 0.1) is 6.10 Å². The van der Waals surface area contributed by atoms with E-state index < -0.39 is 0 Å². The number of aromatic nitrogens is 3. The van der Waals surface area contributed by atoms with Crippen LogP contribution in [0.2, 0.25) is 0 Å². The Morgan fingerprint density at radius 1 is 1.14 bits per heavy atom. The van der Waals surface area contributed by atoms with Gasteiger partial charge in [0.2, 0.25) is 0 Å². The van der Waals surface area contributed by atoms with Crippen LogP contribution in [0.3, 0.4) is 0 Å². The maximum atomic E-state index is 12.3. The highest BCUT2D eigenvalue weighted by atomic mass is 127. The number of rotatable bonds is 9. The van der Waals surface area contributed by atoms with Gasteiger partial charge >= 0.3 is 5.69 Å². The van der Waals surface area contributed by atoms with Crippen molar-refractivity contribution in [2.75, 3.05) is 26.7 Å². The Hall–Kier alpha value is -1.10. The lowest BCUT2D eigenvalue weighted by molar-refractivity contribution is 0.0277. The average molecular weight is 520 g/mol. The van der Waals surface area contributed by atoms with Gasteiger partial charge < -0.3 is 15.4 Å². The van der Waals surface area contributed by atoms with Crippen molar-refractivity contribution in [3.8, 4) is 0 Å². The Bertz CT molecular complexity index is 681. The molecule has 166 valence electrons. The summed E-state index contributed by atoms with van der Waals surface area (Å²) >= 11 is 0. The minimum Gasteiger partial charge on any atom is -0.378 e. The van der Waals surface area contributed by atoms with Crippen molar-refractivity contribution in [3.63, 3.8) is 0 Å². The van der Waals surface area contributed by atoms with E-state index in [0.29, 0.717) is 12.6 Å². The number of ether oxygens (including phenoxy) is 1. The first kappa shape index (κ1) is 24.2. The third-order valence-electron chi connectivity index (χ3n) is 5.61. The highest BCUT2D eigenvalue weighted by Gasteiger charge is 2.16. The van der Waals surface area contributed by atoms with Crippen molar-refractivity contribution in [1.82, 2.24) is 25.0 Å². The molecule has 0 aromatic carbocycles. The first-order valence-corrected chi connectivity index (χ1v) is 11.0. The van der Waals surface area contributed by atoms with Gasteiger partial charge in [0.1, 0.15) is 5.82 Å². The molecule has 3 rings (SSSR count). The molecule has 0 spiro atoms. The second-order valence-electron chi connectivity index (χ2n) is 7.79. The number of aliphatic imine (C=N–C) groups is 1. The molecular formula is C20H37IN6O2. The molecule has 0 radical (unpaired) electrons. The van der Waals surface area contributed by atoms with Crippen LogP contribution < -0.4 is 16.3 Å². The Morgan fingerprint density at radius 2 is 1.90 bits per heavy atom. The number of halogens is 1. The maximum Gasteiger partial charge on any atom is 0.345 e. The number of aryl methyl sites for hydroxylation is 2. The van der Waals surface area contributed by atoms with Crippen molar-refractivity contribution in [3.05, 3.63) is 16.3 Å². The second kappa shape index (κ2) is 13.3. The monoisotopic (exact) mass is 520 g/mol. The zero-order valence-corrected chi connectivity index (χ0v) is 20.0. The van der Waals surface area contributed by atoms with Crippen molar-refractivity contribution in [1.29, 1.82) is 0 Å². The topological polar surface area (TPSA) is 85.5 Å². The number of nitrogens with one attached hydrogen (secondary N) is 2. The summed E-state index contributed by atoms with van der Waals surface area (Å²) in [4.78, 5) is 16.6. The van der Waals surface area contributed by atoms with E-state index in [1.165, 1.54) is 32.1 Å². The zero-order valence-electron chi connectivity index (χ0n) is 17.7. The van der Waals surface area contributed by atoms with Gasteiger partial charge in [0.15, 0.2) is 5.96 Å². The van der Waals surface area contributed by atoms with E-state index in [0.717, 1.165) is 70.1 Å². The molecule has 1 saturated carbocycles. The largest absolute Gasteiger partial charge is 0.378 e. The molecule has 1 fully saturated rings. The smallest absolute Gasteiger partial charge is 0.345 e. The molecule has 1 aliphatic heterocycles. The molecule has 0 saturated heterocycles. The van der Waals surface area contributed by atoms with Gasteiger partial charge in [0, 0.05) is 46.3 Å². The van der Waals surface area contributed by atoms with Gasteiger partial charge in [-0.1, -0.05) is 19.3 Å². The standard InChI is InChI=1S/C20H36N6O2.HI/c1-21-19(23-13-8-16-28-17-9-3-2-4-10-17)22-12-7-15-26-20(27)25-14-6-5-11-18(25)24-26;/h17H,2-16H2,1H3,(H2,21,22,23);1H. The summed E-state index contributed by atoms with van der Waals surface area (Å²) in [5.74, 6) is 1.74. The van der Waals surface area contributed by atoms with Gasteiger partial charge in [-0.3, -0.25) is 9.56 Å². The molecule has 1 aromatic heterocycles. The Balaban J connectivity index is 0.00000300. The Kier molecular flexibility index (Phi) is 11.0. The molecule has 0 atom stereocenters. The SMILES string of the molecule is CN=C(NCCCOC1CCCCC1)NCCCn1nc2n(c1=O)CCCC2.I. The molecule has 2 heterocycles. The minimum absolute atomic E-state index is 0. The van der Waals surface area contributed by atoms with Crippen LogP contribution in [0.5, 0.6) is 0 Å². The van der Waals surface area contributed by atoms with Crippen LogP contribution in [-0.4, -0.2) is 53.2 Å². The van der Waals surface area contributed by atoms with E-state index in [1.807, 2.05) is 4.57 Å². The molecule has 8 nitrogen and oxygen atoms in total. The van der Waals surface area contributed by atoms with Crippen molar-refractivity contribution in [2.45, 2.75) is 83.4 Å². The normalized spacial score (nSPS) is 17.5. The second-order valence-corrected chi connectivity index (χ2v) is 7.79. The fourth-order valence-corrected chi connectivity index (χ4v) is 4.01. The van der Waals surface area contributed by atoms with Crippen LogP contribution >= 0.6 is 24.0 Å². The van der Waals surface area contributed by atoms with E-state index in [9.17, 15) is 4.79 Å². The third-order valence-corrected chi connectivity index (χ3v) is 5.61. The van der Waals surface area contributed by atoms with Crippen LogP contribution in [-0.2, 0) is 24.2 Å². The summed E-state index contributed by atoms with van der Waals surface area (Å²) in [6.45, 7) is 3.86. The van der Waals surface area contributed by atoms with E-state index in [1.54, 1.807) is 11.7 Å². The van der Waals surface area contributed by atoms with Crippen LogP contribution in [0.1, 0.15) is 63.6 Å². The number of hydrogen-bond acceptors (Lipinski definition) is 4. The molecule has 0 amide bonds. The van der Waals surface area contributed by atoms with Crippen LogP contribution in [0.4, 0.5) is 0 Å². The highest BCUT2D eigenvalue weighted by molar-refractivity contribution is 14.0. The maximum absolute atomic E-state index is 12.3. The van der Waals surface area contributed by atoms with Gasteiger partial charge in [-0.05, 0) is 38.5 Å². The third kappa shape index (κ3) is 7.58. The van der Waals surface area contributed by atoms with Crippen molar-refractivity contribution in [2.24, 2.45) is 4.99 Å². The number of hydrogen-bond donors (Lipinski definition) is 2. The lowest BCUT2D eigenvalue weighted by Gasteiger charge is -2.22. The van der Waals surface area contributed by atoms with Gasteiger partial charge in [-0.25, -0.2) is 9.48 Å². The molecule has 0 bridgehead atoms. The molecule has 2 N–H and O–H groups in total. The molecule has 1 aliphatic carbocycles. The van der Waals surface area contributed by atoms with E-state index in [2.05, 4.69) is 20.7 Å². The van der Waals surface area contributed by atoms with Gasteiger partial charge in [0.25, 0.3) is 0 Å². The number of fused-ring (bicyclic) bond motifs is 1. The summed E-state index contributed by atoms with van der Waals surface area (Å²) in [6, 6.07) is 0. The minimum atomic E-state index is 0. The number of guanidine groups is 1. The first-order valence-electron chi connectivity index (χ1n) is 11.0. The molecular weight excluding hydrogens is 483 g/mol. The van der Waals surface area contributed by atoms with Crippen LogP contribution in [0.25, 0.3) is 0 Å². The van der Waals surface area contributed by atoms with Crippen LogP contribution in [0.15, 0.2) is 9.79 Å². The first-order chi connectivity index (χ1) is 13.8. The molecule has 29 heavy (non-hydrogen) atoms. The van der Waals surface area contributed by atoms with E-state index in [-0.39, 0.29) is 29.7 Å². The highest BCUT2D eigenvalue weighted by Crippen LogP contribution is 2.20. The van der Waals surface area contributed by atoms with Crippen molar-refractivity contribution >= 4 is 29.9 Å².